The molecule has 0 amide bonds. The van der Waals surface area contributed by atoms with Crippen molar-refractivity contribution < 1.29 is 0 Å². The Morgan fingerprint density at radius 2 is 1.57 bits per heavy atom. The number of amidine groups is 1. The van der Waals surface area contributed by atoms with Crippen molar-refractivity contribution in [3.05, 3.63) is 70.7 Å². The van der Waals surface area contributed by atoms with E-state index >= 15 is 0 Å². The molecule has 3 rings (SSSR count). The van der Waals surface area contributed by atoms with Crippen LogP contribution >= 0.6 is 27.7 Å². The second-order valence-corrected chi connectivity index (χ2v) is 6.66. The number of halogens is 1. The van der Waals surface area contributed by atoms with E-state index in [1.54, 1.807) is 11.8 Å². The van der Waals surface area contributed by atoms with Crippen LogP contribution in [-0.4, -0.2) is 5.84 Å². The average Bonchev–Trinajstić information content (AvgIpc) is 2.49. The maximum absolute atomic E-state index is 7.70. The fourth-order valence-corrected chi connectivity index (χ4v) is 3.44. The first-order valence-corrected chi connectivity index (χ1v) is 8.05. The molecule has 0 aliphatic carbocycles. The molecular formula is C17H13BrN2S. The number of hydrogen-bond donors (Lipinski definition) is 2. The largest absolute Gasteiger partial charge is 0.384 e. The second-order valence-electron chi connectivity index (χ2n) is 4.63. The highest BCUT2D eigenvalue weighted by Gasteiger charge is 2.08. The van der Waals surface area contributed by atoms with Crippen molar-refractivity contribution >= 4 is 44.3 Å². The van der Waals surface area contributed by atoms with Gasteiger partial charge in [0.15, 0.2) is 0 Å². The van der Waals surface area contributed by atoms with E-state index in [1.807, 2.05) is 42.5 Å². The van der Waals surface area contributed by atoms with Gasteiger partial charge in [0, 0.05) is 19.8 Å². The first-order chi connectivity index (χ1) is 10.1. The number of hydrogen-bond acceptors (Lipinski definition) is 2. The third-order valence-electron chi connectivity index (χ3n) is 3.22. The van der Waals surface area contributed by atoms with Gasteiger partial charge < -0.3 is 5.73 Å². The molecule has 0 heterocycles. The molecule has 0 bridgehead atoms. The molecule has 0 fully saturated rings. The zero-order valence-corrected chi connectivity index (χ0v) is 13.5. The van der Waals surface area contributed by atoms with Crippen molar-refractivity contribution in [3.63, 3.8) is 0 Å². The lowest BCUT2D eigenvalue weighted by Gasteiger charge is -2.10. The summed E-state index contributed by atoms with van der Waals surface area (Å²) < 4.78 is 1.07. The highest BCUT2D eigenvalue weighted by molar-refractivity contribution is 9.10. The third-order valence-corrected chi connectivity index (χ3v) is 4.83. The first kappa shape index (κ1) is 14.2. The first-order valence-electron chi connectivity index (χ1n) is 6.45. The standard InChI is InChI=1S/C17H13BrN2S/c18-11-5-7-12(8-6-11)21-16-10-9-15(17(19)20)13-3-1-2-4-14(13)16/h1-10H,(H3,19,20). The SMILES string of the molecule is N=C(N)c1ccc(Sc2ccc(Br)cc2)c2ccccc12. The molecule has 0 atom stereocenters. The molecule has 21 heavy (non-hydrogen) atoms. The van der Waals surface area contributed by atoms with Crippen LogP contribution in [0.15, 0.2) is 74.9 Å². The highest BCUT2D eigenvalue weighted by atomic mass is 79.9. The van der Waals surface area contributed by atoms with Gasteiger partial charge in [0.25, 0.3) is 0 Å². The van der Waals surface area contributed by atoms with Gasteiger partial charge in [0.2, 0.25) is 0 Å². The van der Waals surface area contributed by atoms with Crippen molar-refractivity contribution in [2.24, 2.45) is 5.73 Å². The lowest BCUT2D eigenvalue weighted by molar-refractivity contribution is 1.40. The molecule has 3 aromatic rings. The molecule has 4 heteroatoms. The fourth-order valence-electron chi connectivity index (χ4n) is 2.22. The molecule has 0 radical (unpaired) electrons. The molecule has 104 valence electrons. The Morgan fingerprint density at radius 1 is 0.905 bits per heavy atom. The molecule has 0 aliphatic rings. The smallest absolute Gasteiger partial charge is 0.123 e. The van der Waals surface area contributed by atoms with Crippen molar-refractivity contribution in [2.45, 2.75) is 9.79 Å². The van der Waals surface area contributed by atoms with E-state index in [2.05, 4.69) is 34.1 Å². The van der Waals surface area contributed by atoms with Gasteiger partial charge in [-0.3, -0.25) is 5.41 Å². The Balaban J connectivity index is 2.09. The van der Waals surface area contributed by atoms with Crippen LogP contribution in [-0.2, 0) is 0 Å². The number of benzene rings is 3. The Labute approximate surface area is 136 Å². The number of nitrogens with two attached hydrogens (primary N) is 1. The number of nitrogen functional groups attached to an aromatic ring is 1. The van der Waals surface area contributed by atoms with Crippen molar-refractivity contribution in [1.29, 1.82) is 5.41 Å². The summed E-state index contributed by atoms with van der Waals surface area (Å²) in [5.74, 6) is 0.103. The highest BCUT2D eigenvalue weighted by Crippen LogP contribution is 2.35. The molecule has 0 aromatic heterocycles. The normalized spacial score (nSPS) is 10.7. The van der Waals surface area contributed by atoms with Gasteiger partial charge in [0.1, 0.15) is 5.84 Å². The van der Waals surface area contributed by atoms with E-state index in [0.717, 1.165) is 25.7 Å². The van der Waals surface area contributed by atoms with Crippen molar-refractivity contribution in [2.75, 3.05) is 0 Å². The predicted octanol–water partition coefficient (Wildman–Crippen LogP) is 5.04. The van der Waals surface area contributed by atoms with E-state index < -0.39 is 0 Å². The van der Waals surface area contributed by atoms with Crippen LogP contribution < -0.4 is 5.73 Å². The molecule has 2 nitrogen and oxygen atoms in total. The summed E-state index contributed by atoms with van der Waals surface area (Å²) in [4.78, 5) is 2.34. The number of nitrogens with one attached hydrogen (secondary N) is 1. The van der Waals surface area contributed by atoms with Crippen molar-refractivity contribution in [3.8, 4) is 0 Å². The van der Waals surface area contributed by atoms with Crippen LogP contribution in [0.4, 0.5) is 0 Å². The summed E-state index contributed by atoms with van der Waals surface area (Å²) in [5.41, 5.74) is 6.45. The van der Waals surface area contributed by atoms with E-state index in [-0.39, 0.29) is 5.84 Å². The zero-order valence-electron chi connectivity index (χ0n) is 11.1. The molecule has 3 N–H and O–H groups in total. The summed E-state index contributed by atoms with van der Waals surface area (Å²) in [6, 6.07) is 20.3. The number of rotatable bonds is 3. The summed E-state index contributed by atoms with van der Waals surface area (Å²) in [6.45, 7) is 0. The van der Waals surface area contributed by atoms with E-state index in [4.69, 9.17) is 11.1 Å². The summed E-state index contributed by atoms with van der Waals surface area (Å²) >= 11 is 5.16. The maximum atomic E-state index is 7.70. The summed E-state index contributed by atoms with van der Waals surface area (Å²) in [5, 5.41) is 9.84. The minimum Gasteiger partial charge on any atom is -0.384 e. The van der Waals surface area contributed by atoms with Gasteiger partial charge in [-0.05, 0) is 47.2 Å². The van der Waals surface area contributed by atoms with Gasteiger partial charge in [-0.1, -0.05) is 52.0 Å². The van der Waals surface area contributed by atoms with Gasteiger partial charge in [0.05, 0.1) is 0 Å². The van der Waals surface area contributed by atoms with E-state index in [0.29, 0.717) is 0 Å². The molecule has 0 unspecified atom stereocenters. The lowest BCUT2D eigenvalue weighted by Crippen LogP contribution is -2.11. The third kappa shape index (κ3) is 2.96. The van der Waals surface area contributed by atoms with Gasteiger partial charge >= 0.3 is 0 Å². The Morgan fingerprint density at radius 3 is 2.24 bits per heavy atom. The van der Waals surface area contributed by atoms with E-state index in [1.165, 1.54) is 4.90 Å². The summed E-state index contributed by atoms with van der Waals surface area (Å²) in [6.07, 6.45) is 0. The van der Waals surface area contributed by atoms with Crippen LogP contribution in [0.25, 0.3) is 10.8 Å². The maximum Gasteiger partial charge on any atom is 0.123 e. The summed E-state index contributed by atoms with van der Waals surface area (Å²) in [7, 11) is 0. The van der Waals surface area contributed by atoms with Crippen molar-refractivity contribution in [1.82, 2.24) is 0 Å². The van der Waals surface area contributed by atoms with Crippen LogP contribution in [0, 0.1) is 5.41 Å². The molecule has 0 saturated carbocycles. The second kappa shape index (κ2) is 5.92. The molecule has 3 aromatic carbocycles. The molecular weight excluding hydrogens is 344 g/mol. The minimum absolute atomic E-state index is 0.103. The fraction of sp³-hybridized carbons (Fsp3) is 0. The quantitative estimate of drug-likeness (QED) is 0.510. The van der Waals surface area contributed by atoms with Gasteiger partial charge in [-0.15, -0.1) is 0 Å². The number of fused-ring (bicyclic) bond motifs is 1. The minimum atomic E-state index is 0.103. The molecule has 0 spiro atoms. The Hall–Kier alpha value is -1.78. The Kier molecular flexibility index (Phi) is 3.99. The van der Waals surface area contributed by atoms with Gasteiger partial charge in [-0.25, -0.2) is 0 Å². The van der Waals surface area contributed by atoms with Gasteiger partial charge in [-0.2, -0.15) is 0 Å². The van der Waals surface area contributed by atoms with Crippen LogP contribution in [0.3, 0.4) is 0 Å². The van der Waals surface area contributed by atoms with Crippen LogP contribution in [0.5, 0.6) is 0 Å². The molecule has 0 aliphatic heterocycles. The monoisotopic (exact) mass is 356 g/mol. The average molecular weight is 357 g/mol. The Bertz CT molecular complexity index is 813. The molecule has 0 saturated heterocycles. The predicted molar refractivity (Wildman–Crippen MR) is 93.2 cm³/mol. The van der Waals surface area contributed by atoms with Crippen LogP contribution in [0.1, 0.15) is 5.56 Å². The lowest BCUT2D eigenvalue weighted by atomic mass is 10.0. The van der Waals surface area contributed by atoms with Crippen LogP contribution in [0.2, 0.25) is 0 Å². The topological polar surface area (TPSA) is 49.9 Å². The van der Waals surface area contributed by atoms with E-state index in [9.17, 15) is 0 Å². The zero-order chi connectivity index (χ0) is 14.8.